The first-order valence-corrected chi connectivity index (χ1v) is 3.74. The molecule has 0 saturated carbocycles. The Morgan fingerprint density at radius 1 is 0.938 bits per heavy atom. The lowest BCUT2D eigenvalue weighted by atomic mass is 10.1. The Balaban J connectivity index is 3.36. The van der Waals surface area contributed by atoms with Crippen LogP contribution >= 0.6 is 0 Å². The molecule has 1 unspecified atom stereocenters. The Bertz CT molecular complexity index is 412. The number of aliphatic hydroxyl groups excluding tert-OH is 1. The van der Waals surface area contributed by atoms with Crippen LogP contribution in [0, 0.1) is 23.3 Å². The zero-order chi connectivity index (χ0) is 12.7. The third kappa shape index (κ3) is 2.11. The quantitative estimate of drug-likeness (QED) is 0.460. The van der Waals surface area contributed by atoms with Crippen molar-refractivity contribution in [1.29, 1.82) is 0 Å². The summed E-state index contributed by atoms with van der Waals surface area (Å²) in [4.78, 5) is 0. The van der Waals surface area contributed by atoms with Gasteiger partial charge in [-0.1, -0.05) is 0 Å². The van der Waals surface area contributed by atoms with Crippen molar-refractivity contribution in [3.8, 4) is 0 Å². The zero-order valence-corrected chi connectivity index (χ0v) is 7.25. The van der Waals surface area contributed by atoms with Crippen molar-refractivity contribution in [3.63, 3.8) is 0 Å². The third-order valence-electron chi connectivity index (χ3n) is 1.74. The van der Waals surface area contributed by atoms with Crippen LogP contribution in [0.5, 0.6) is 0 Å². The van der Waals surface area contributed by atoms with Gasteiger partial charge in [0.2, 0.25) is 0 Å². The minimum Gasteiger partial charge on any atom is -0.379 e. The van der Waals surface area contributed by atoms with E-state index in [2.05, 4.69) is 0 Å². The van der Waals surface area contributed by atoms with Gasteiger partial charge >= 0.3 is 6.18 Å². The van der Waals surface area contributed by atoms with Crippen LogP contribution in [-0.4, -0.2) is 11.3 Å². The maximum Gasteiger partial charge on any atom is 0.418 e. The molecule has 0 aliphatic carbocycles. The molecule has 0 aliphatic heterocycles. The number of rotatable bonds is 1. The van der Waals surface area contributed by atoms with Crippen LogP contribution in [0.15, 0.2) is 6.07 Å². The molecule has 1 N–H and O–H groups in total. The standard InChI is InChI=1S/C8H3F7O/c9-3-1-2(7(16)8(13,14)15)4(10)6(12)5(3)11/h1,7,16H. The molecule has 8 heteroatoms. The average molecular weight is 248 g/mol. The van der Waals surface area contributed by atoms with Crippen molar-refractivity contribution in [1.82, 2.24) is 0 Å². The van der Waals surface area contributed by atoms with E-state index in [4.69, 9.17) is 5.11 Å². The highest BCUT2D eigenvalue weighted by molar-refractivity contribution is 5.24. The molecule has 0 radical (unpaired) electrons. The lowest BCUT2D eigenvalue weighted by Crippen LogP contribution is -2.22. The Kier molecular flexibility index (Phi) is 3.13. The maximum atomic E-state index is 12.8. The second kappa shape index (κ2) is 3.93. The number of hydrogen-bond donors (Lipinski definition) is 1. The predicted octanol–water partition coefficient (Wildman–Crippen LogP) is 2.84. The fourth-order valence-electron chi connectivity index (χ4n) is 0.966. The second-order valence-corrected chi connectivity index (χ2v) is 2.83. The molecule has 1 atom stereocenters. The lowest BCUT2D eigenvalue weighted by molar-refractivity contribution is -0.207. The van der Waals surface area contributed by atoms with Gasteiger partial charge in [0.1, 0.15) is 0 Å². The fourth-order valence-corrected chi connectivity index (χ4v) is 0.966. The van der Waals surface area contributed by atoms with Gasteiger partial charge in [0, 0.05) is 5.56 Å². The van der Waals surface area contributed by atoms with Crippen LogP contribution in [0.25, 0.3) is 0 Å². The van der Waals surface area contributed by atoms with E-state index in [0.29, 0.717) is 0 Å². The molecule has 0 fully saturated rings. The second-order valence-electron chi connectivity index (χ2n) is 2.83. The van der Waals surface area contributed by atoms with Gasteiger partial charge in [0.05, 0.1) is 0 Å². The highest BCUT2D eigenvalue weighted by Crippen LogP contribution is 2.35. The van der Waals surface area contributed by atoms with Gasteiger partial charge in [-0.05, 0) is 6.07 Å². The van der Waals surface area contributed by atoms with E-state index in [1.165, 1.54) is 0 Å². The van der Waals surface area contributed by atoms with E-state index >= 15 is 0 Å². The monoisotopic (exact) mass is 248 g/mol. The summed E-state index contributed by atoms with van der Waals surface area (Å²) in [6, 6.07) is -0.244. The molecule has 0 saturated heterocycles. The van der Waals surface area contributed by atoms with Crippen LogP contribution in [0.1, 0.15) is 11.7 Å². The van der Waals surface area contributed by atoms with Crippen molar-refractivity contribution in [3.05, 3.63) is 34.9 Å². The first-order chi connectivity index (χ1) is 7.16. The molecule has 1 nitrogen and oxygen atoms in total. The van der Waals surface area contributed by atoms with E-state index in [-0.39, 0.29) is 6.07 Å². The van der Waals surface area contributed by atoms with E-state index in [0.717, 1.165) is 0 Å². The first-order valence-electron chi connectivity index (χ1n) is 3.74. The van der Waals surface area contributed by atoms with Crippen molar-refractivity contribution in [2.75, 3.05) is 0 Å². The van der Waals surface area contributed by atoms with Gasteiger partial charge in [-0.2, -0.15) is 13.2 Å². The molecule has 1 rings (SSSR count). The lowest BCUT2D eigenvalue weighted by Gasteiger charge is -2.15. The third-order valence-corrected chi connectivity index (χ3v) is 1.74. The minimum atomic E-state index is -5.31. The summed E-state index contributed by atoms with van der Waals surface area (Å²) in [5.74, 6) is -8.94. The van der Waals surface area contributed by atoms with E-state index in [1.807, 2.05) is 0 Å². The van der Waals surface area contributed by atoms with Crippen molar-refractivity contribution in [2.45, 2.75) is 12.3 Å². The maximum absolute atomic E-state index is 12.8. The number of halogens is 7. The summed E-state index contributed by atoms with van der Waals surface area (Å²) in [5, 5.41) is 8.56. The Labute approximate surface area is 84.1 Å². The van der Waals surface area contributed by atoms with E-state index in [9.17, 15) is 30.7 Å². The molecule has 0 amide bonds. The molecule has 90 valence electrons. The van der Waals surface area contributed by atoms with Crippen LogP contribution in [-0.2, 0) is 0 Å². The molecular formula is C8H3F7O. The summed E-state index contributed by atoms with van der Waals surface area (Å²) in [6.45, 7) is 0. The van der Waals surface area contributed by atoms with Gasteiger partial charge in [-0.25, -0.2) is 17.6 Å². The highest BCUT2D eigenvalue weighted by atomic mass is 19.4. The number of hydrogen-bond acceptors (Lipinski definition) is 1. The Morgan fingerprint density at radius 2 is 1.44 bits per heavy atom. The topological polar surface area (TPSA) is 20.2 Å². The Hall–Kier alpha value is -1.31. The first kappa shape index (κ1) is 12.8. The molecule has 16 heavy (non-hydrogen) atoms. The minimum absolute atomic E-state index is 0.244. The normalized spacial score (nSPS) is 14.0. The smallest absolute Gasteiger partial charge is 0.379 e. The van der Waals surface area contributed by atoms with Crippen LogP contribution in [0.2, 0.25) is 0 Å². The predicted molar refractivity (Wildman–Crippen MR) is 37.3 cm³/mol. The van der Waals surface area contributed by atoms with Crippen LogP contribution in [0.4, 0.5) is 30.7 Å². The summed E-state index contributed by atoms with van der Waals surface area (Å²) >= 11 is 0. The molecule has 0 spiro atoms. The molecule has 0 heterocycles. The largest absolute Gasteiger partial charge is 0.418 e. The van der Waals surface area contributed by atoms with Crippen molar-refractivity contribution in [2.24, 2.45) is 0 Å². The van der Waals surface area contributed by atoms with Crippen LogP contribution < -0.4 is 0 Å². The van der Waals surface area contributed by atoms with Crippen molar-refractivity contribution >= 4 is 0 Å². The zero-order valence-electron chi connectivity index (χ0n) is 7.25. The SMILES string of the molecule is OC(c1cc(F)c(F)c(F)c1F)C(F)(F)F. The molecule has 0 aromatic heterocycles. The highest BCUT2D eigenvalue weighted by Gasteiger charge is 2.42. The molecule has 1 aromatic carbocycles. The number of benzene rings is 1. The van der Waals surface area contributed by atoms with E-state index < -0.39 is 41.1 Å². The Morgan fingerprint density at radius 3 is 1.88 bits per heavy atom. The molecular weight excluding hydrogens is 245 g/mol. The van der Waals surface area contributed by atoms with Gasteiger partial charge in [0.15, 0.2) is 29.4 Å². The van der Waals surface area contributed by atoms with Gasteiger partial charge < -0.3 is 5.11 Å². The molecule has 1 aromatic rings. The van der Waals surface area contributed by atoms with Crippen molar-refractivity contribution < 1.29 is 35.8 Å². The summed E-state index contributed by atoms with van der Waals surface area (Å²) < 4.78 is 86.0. The summed E-state index contributed by atoms with van der Waals surface area (Å²) in [7, 11) is 0. The van der Waals surface area contributed by atoms with Gasteiger partial charge in [-0.3, -0.25) is 0 Å². The van der Waals surface area contributed by atoms with E-state index in [1.54, 1.807) is 0 Å². The summed E-state index contributed by atoms with van der Waals surface area (Å²) in [6.07, 6.45) is -8.73. The molecule has 0 bridgehead atoms. The molecule has 0 aliphatic rings. The van der Waals surface area contributed by atoms with Gasteiger partial charge in [0.25, 0.3) is 0 Å². The number of alkyl halides is 3. The average Bonchev–Trinajstić information content (AvgIpc) is 2.18. The van der Waals surface area contributed by atoms with Gasteiger partial charge in [-0.15, -0.1) is 0 Å². The number of aliphatic hydroxyl groups is 1. The van der Waals surface area contributed by atoms with Crippen LogP contribution in [0.3, 0.4) is 0 Å². The fraction of sp³-hybridized carbons (Fsp3) is 0.250. The summed E-state index contributed by atoms with van der Waals surface area (Å²) in [5.41, 5.74) is -1.70.